The van der Waals surface area contributed by atoms with E-state index in [0.717, 1.165) is 17.0 Å². The van der Waals surface area contributed by atoms with Crippen LogP contribution in [0.5, 0.6) is 0 Å². The Kier molecular flexibility index (Phi) is 2.52. The van der Waals surface area contributed by atoms with Crippen molar-refractivity contribution in [2.24, 2.45) is 0 Å². The Labute approximate surface area is 93.4 Å². The summed E-state index contributed by atoms with van der Waals surface area (Å²) >= 11 is 0. The molecule has 2 rings (SSSR count). The first-order valence-electron chi connectivity index (χ1n) is 4.79. The molecule has 2 aromatic heterocycles. The van der Waals surface area contributed by atoms with Gasteiger partial charge >= 0.3 is 0 Å². The molecule has 0 radical (unpaired) electrons. The number of hydrogen-bond donors (Lipinski definition) is 1. The van der Waals surface area contributed by atoms with E-state index in [4.69, 9.17) is 11.0 Å². The van der Waals surface area contributed by atoms with Crippen LogP contribution >= 0.6 is 0 Å². The van der Waals surface area contributed by atoms with E-state index in [-0.39, 0.29) is 0 Å². The normalized spacial score (nSPS) is 9.75. The van der Waals surface area contributed by atoms with Crippen molar-refractivity contribution in [2.75, 3.05) is 5.73 Å². The van der Waals surface area contributed by atoms with Crippen LogP contribution < -0.4 is 5.73 Å². The molecule has 16 heavy (non-hydrogen) atoms. The second-order valence-corrected chi connectivity index (χ2v) is 3.45. The zero-order valence-corrected chi connectivity index (χ0v) is 8.81. The number of pyridine rings is 2. The van der Waals surface area contributed by atoms with E-state index in [9.17, 15) is 0 Å². The van der Waals surface area contributed by atoms with E-state index >= 15 is 0 Å². The largest absolute Gasteiger partial charge is 0.397 e. The molecule has 0 bridgehead atoms. The summed E-state index contributed by atoms with van der Waals surface area (Å²) in [6.45, 7) is 1.85. The third-order valence-electron chi connectivity index (χ3n) is 2.29. The summed E-state index contributed by atoms with van der Waals surface area (Å²) in [5.74, 6) is 0. The Morgan fingerprint density at radius 1 is 1.31 bits per heavy atom. The van der Waals surface area contributed by atoms with Gasteiger partial charge in [-0.3, -0.25) is 9.97 Å². The fourth-order valence-electron chi connectivity index (χ4n) is 1.37. The van der Waals surface area contributed by atoms with Crippen LogP contribution in [0.25, 0.3) is 11.3 Å². The average molecular weight is 210 g/mol. The maximum atomic E-state index is 8.78. The number of nitrogens with zero attached hydrogens (tertiary/aromatic N) is 3. The molecule has 78 valence electrons. The van der Waals surface area contributed by atoms with Crippen LogP contribution in [0.15, 0.2) is 30.6 Å². The van der Waals surface area contributed by atoms with E-state index in [1.807, 2.05) is 19.1 Å². The van der Waals surface area contributed by atoms with Crippen LogP contribution in [0.3, 0.4) is 0 Å². The molecule has 0 aliphatic rings. The topological polar surface area (TPSA) is 75.6 Å². The number of aromatic nitrogens is 2. The highest BCUT2D eigenvalue weighted by Gasteiger charge is 2.03. The number of nitrogens with two attached hydrogens (primary N) is 1. The molecule has 0 aromatic carbocycles. The number of nitriles is 1. The molecule has 0 amide bonds. The molecule has 0 aliphatic heterocycles. The van der Waals surface area contributed by atoms with Gasteiger partial charge in [0, 0.05) is 18.0 Å². The van der Waals surface area contributed by atoms with Crippen LogP contribution in [0.2, 0.25) is 0 Å². The van der Waals surface area contributed by atoms with Gasteiger partial charge in [0.15, 0.2) is 0 Å². The summed E-state index contributed by atoms with van der Waals surface area (Å²) in [5.41, 5.74) is 9.25. The Balaban J connectivity index is 2.51. The fraction of sp³-hybridized carbons (Fsp3) is 0.0833. The first-order valence-corrected chi connectivity index (χ1v) is 4.79. The minimum absolute atomic E-state index is 0.522. The molecule has 0 saturated carbocycles. The van der Waals surface area contributed by atoms with E-state index in [1.165, 1.54) is 6.20 Å². The maximum Gasteiger partial charge on any atom is 0.101 e. The van der Waals surface area contributed by atoms with Crippen molar-refractivity contribution in [2.45, 2.75) is 6.92 Å². The summed E-state index contributed by atoms with van der Waals surface area (Å²) in [6, 6.07) is 7.43. The lowest BCUT2D eigenvalue weighted by atomic mass is 10.1. The predicted octanol–water partition coefficient (Wildman–Crippen LogP) is 1.91. The Morgan fingerprint density at radius 3 is 2.81 bits per heavy atom. The number of rotatable bonds is 1. The molecular formula is C12H10N4. The molecule has 0 unspecified atom stereocenters. The van der Waals surface area contributed by atoms with Crippen LogP contribution in [0.4, 0.5) is 5.69 Å². The Morgan fingerprint density at radius 2 is 2.12 bits per heavy atom. The van der Waals surface area contributed by atoms with Crippen molar-refractivity contribution in [3.05, 3.63) is 41.9 Å². The second-order valence-electron chi connectivity index (χ2n) is 3.45. The van der Waals surface area contributed by atoms with Gasteiger partial charge < -0.3 is 5.73 Å². The van der Waals surface area contributed by atoms with Gasteiger partial charge in [0.1, 0.15) is 6.07 Å². The summed E-state index contributed by atoms with van der Waals surface area (Å²) in [6.07, 6.45) is 3.20. The van der Waals surface area contributed by atoms with Gasteiger partial charge in [-0.05, 0) is 25.1 Å². The van der Waals surface area contributed by atoms with Gasteiger partial charge in [0.05, 0.1) is 22.6 Å². The third-order valence-corrected chi connectivity index (χ3v) is 2.29. The molecule has 2 aromatic rings. The van der Waals surface area contributed by atoms with Crippen molar-refractivity contribution < 1.29 is 0 Å². The number of hydrogen-bond acceptors (Lipinski definition) is 4. The molecule has 4 heteroatoms. The van der Waals surface area contributed by atoms with E-state index < -0.39 is 0 Å². The lowest BCUT2D eigenvalue weighted by Crippen LogP contribution is -1.94. The number of anilines is 1. The molecular weight excluding hydrogens is 200 g/mol. The molecule has 4 nitrogen and oxygen atoms in total. The standard InChI is InChI=1S/C12H10N4/c1-8-11(14)2-3-12(16-8)10-4-9(5-13)6-15-7-10/h2-4,6-7H,14H2,1H3. The highest BCUT2D eigenvalue weighted by Crippen LogP contribution is 2.19. The molecule has 0 atom stereocenters. The number of nitrogen functional groups attached to an aromatic ring is 1. The lowest BCUT2D eigenvalue weighted by Gasteiger charge is -2.04. The van der Waals surface area contributed by atoms with Crippen LogP contribution in [0, 0.1) is 18.3 Å². The third kappa shape index (κ3) is 1.84. The molecule has 2 heterocycles. The van der Waals surface area contributed by atoms with Gasteiger partial charge in [-0.2, -0.15) is 5.26 Å². The van der Waals surface area contributed by atoms with Gasteiger partial charge in [0.25, 0.3) is 0 Å². The monoisotopic (exact) mass is 210 g/mol. The van der Waals surface area contributed by atoms with Gasteiger partial charge in [-0.15, -0.1) is 0 Å². The van der Waals surface area contributed by atoms with Crippen molar-refractivity contribution in [3.63, 3.8) is 0 Å². The second kappa shape index (κ2) is 3.99. The zero-order chi connectivity index (χ0) is 11.5. The molecule has 0 fully saturated rings. The Bertz CT molecular complexity index is 569. The van der Waals surface area contributed by atoms with Crippen molar-refractivity contribution in [1.82, 2.24) is 9.97 Å². The molecule has 0 spiro atoms. The summed E-state index contributed by atoms with van der Waals surface area (Å²) < 4.78 is 0. The summed E-state index contributed by atoms with van der Waals surface area (Å²) in [7, 11) is 0. The van der Waals surface area contributed by atoms with E-state index in [2.05, 4.69) is 9.97 Å². The van der Waals surface area contributed by atoms with Crippen molar-refractivity contribution >= 4 is 5.69 Å². The van der Waals surface area contributed by atoms with Crippen LogP contribution in [-0.4, -0.2) is 9.97 Å². The molecule has 0 saturated heterocycles. The van der Waals surface area contributed by atoms with Crippen LogP contribution in [0.1, 0.15) is 11.3 Å². The fourth-order valence-corrected chi connectivity index (χ4v) is 1.37. The minimum atomic E-state index is 0.522. The average Bonchev–Trinajstić information content (AvgIpc) is 2.33. The van der Waals surface area contributed by atoms with E-state index in [0.29, 0.717) is 11.3 Å². The van der Waals surface area contributed by atoms with Crippen molar-refractivity contribution in [3.8, 4) is 17.3 Å². The highest BCUT2D eigenvalue weighted by molar-refractivity contribution is 5.62. The van der Waals surface area contributed by atoms with Crippen molar-refractivity contribution in [1.29, 1.82) is 5.26 Å². The summed E-state index contributed by atoms with van der Waals surface area (Å²) in [5, 5.41) is 8.78. The van der Waals surface area contributed by atoms with Gasteiger partial charge in [0.2, 0.25) is 0 Å². The summed E-state index contributed by atoms with van der Waals surface area (Å²) in [4.78, 5) is 8.33. The van der Waals surface area contributed by atoms with Crippen LogP contribution in [-0.2, 0) is 0 Å². The predicted molar refractivity (Wildman–Crippen MR) is 61.3 cm³/mol. The molecule has 2 N–H and O–H groups in total. The van der Waals surface area contributed by atoms with Gasteiger partial charge in [-0.1, -0.05) is 0 Å². The Hall–Kier alpha value is -2.41. The zero-order valence-electron chi connectivity index (χ0n) is 8.81. The van der Waals surface area contributed by atoms with Gasteiger partial charge in [-0.25, -0.2) is 0 Å². The first kappa shape index (κ1) is 10.1. The highest BCUT2D eigenvalue weighted by atomic mass is 14.8. The quantitative estimate of drug-likeness (QED) is 0.780. The first-order chi connectivity index (χ1) is 7.70. The minimum Gasteiger partial charge on any atom is -0.397 e. The smallest absolute Gasteiger partial charge is 0.101 e. The maximum absolute atomic E-state index is 8.78. The SMILES string of the molecule is Cc1nc(-c2cncc(C#N)c2)ccc1N. The number of aryl methyl sites for hydroxylation is 1. The lowest BCUT2D eigenvalue weighted by molar-refractivity contribution is 1.20. The molecule has 0 aliphatic carbocycles. The van der Waals surface area contributed by atoms with E-state index in [1.54, 1.807) is 18.3 Å².